The molecule has 0 bridgehead atoms. The maximum Gasteiger partial charge on any atom is 0.207 e. The summed E-state index contributed by atoms with van der Waals surface area (Å²) in [5.41, 5.74) is 0.654. The Morgan fingerprint density at radius 3 is 2.95 bits per heavy atom. The van der Waals surface area contributed by atoms with Crippen LogP contribution in [0.4, 0.5) is 0 Å². The predicted octanol–water partition coefficient (Wildman–Crippen LogP) is 2.31. The van der Waals surface area contributed by atoms with Gasteiger partial charge in [-0.25, -0.2) is 4.99 Å². The Labute approximate surface area is 134 Å². The van der Waals surface area contributed by atoms with Gasteiger partial charge in [0.05, 0.1) is 17.3 Å². The highest BCUT2D eigenvalue weighted by molar-refractivity contribution is 7.99. The van der Waals surface area contributed by atoms with Crippen LogP contribution in [0.1, 0.15) is 19.0 Å². The zero-order valence-corrected chi connectivity index (χ0v) is 13.4. The normalized spacial score (nSPS) is 13.7. The number of nitriles is 1. The van der Waals surface area contributed by atoms with Crippen molar-refractivity contribution in [3.8, 4) is 18.5 Å². The van der Waals surface area contributed by atoms with Crippen molar-refractivity contribution in [1.29, 1.82) is 5.26 Å². The molecule has 1 rings (SSSR count). The zero-order chi connectivity index (χ0) is 15.7. The SMILES string of the molecule is C#CCN/C(=N/C(CC)(SC)c1ncccc1Cl)NC#N. The third kappa shape index (κ3) is 4.29. The summed E-state index contributed by atoms with van der Waals surface area (Å²) >= 11 is 7.74. The molecule has 0 spiro atoms. The van der Waals surface area contributed by atoms with E-state index in [1.807, 2.05) is 19.4 Å². The standard InChI is InChI=1S/C14H16ClN5S/c1-4-8-18-13(19-10-16)20-14(5-2,21-3)12-11(15)7-6-9-17-12/h1,6-7,9H,5,8H2,2-3H3,(H2,18,19,20). The maximum atomic E-state index is 8.82. The minimum atomic E-state index is -0.695. The van der Waals surface area contributed by atoms with Crippen molar-refractivity contribution in [2.45, 2.75) is 18.2 Å². The van der Waals surface area contributed by atoms with Crippen LogP contribution in [0.5, 0.6) is 0 Å². The molecule has 1 heterocycles. The summed E-state index contributed by atoms with van der Waals surface area (Å²) in [4.78, 5) is 8.25. The summed E-state index contributed by atoms with van der Waals surface area (Å²) in [6.07, 6.45) is 11.3. The number of thioether (sulfide) groups is 1. The van der Waals surface area contributed by atoms with Crippen LogP contribution in [-0.2, 0) is 4.87 Å². The second kappa shape index (κ2) is 8.41. The van der Waals surface area contributed by atoms with Crippen molar-refractivity contribution >= 4 is 29.3 Å². The van der Waals surface area contributed by atoms with Crippen LogP contribution < -0.4 is 10.6 Å². The van der Waals surface area contributed by atoms with Gasteiger partial charge in [0.25, 0.3) is 0 Å². The molecule has 7 heteroatoms. The summed E-state index contributed by atoms with van der Waals surface area (Å²) in [6, 6.07) is 3.54. The van der Waals surface area contributed by atoms with E-state index >= 15 is 0 Å². The number of nitrogens with one attached hydrogen (secondary N) is 2. The predicted molar refractivity (Wildman–Crippen MR) is 87.8 cm³/mol. The number of rotatable bonds is 5. The van der Waals surface area contributed by atoms with E-state index in [9.17, 15) is 0 Å². The molecule has 1 aromatic rings. The summed E-state index contributed by atoms with van der Waals surface area (Å²) in [6.45, 7) is 2.24. The Balaban J connectivity index is 3.30. The minimum absolute atomic E-state index is 0.262. The smallest absolute Gasteiger partial charge is 0.207 e. The molecule has 0 saturated heterocycles. The third-order valence-corrected chi connectivity index (χ3v) is 4.32. The van der Waals surface area contributed by atoms with Crippen LogP contribution in [-0.4, -0.2) is 23.7 Å². The molecule has 110 valence electrons. The number of aliphatic imine (C=N–C) groups is 1. The number of guanidine groups is 1. The fourth-order valence-corrected chi connectivity index (χ4v) is 2.90. The fourth-order valence-electron chi connectivity index (χ4n) is 1.74. The van der Waals surface area contributed by atoms with E-state index in [1.165, 1.54) is 11.8 Å². The van der Waals surface area contributed by atoms with Crippen LogP contribution in [0, 0.1) is 23.8 Å². The third-order valence-electron chi connectivity index (χ3n) is 2.77. The Morgan fingerprint density at radius 1 is 1.67 bits per heavy atom. The Hall–Kier alpha value is -1.89. The van der Waals surface area contributed by atoms with Crippen molar-refractivity contribution in [3.05, 3.63) is 29.0 Å². The van der Waals surface area contributed by atoms with Gasteiger partial charge in [-0.2, -0.15) is 5.26 Å². The lowest BCUT2D eigenvalue weighted by Gasteiger charge is -2.27. The van der Waals surface area contributed by atoms with Crippen molar-refractivity contribution in [3.63, 3.8) is 0 Å². The van der Waals surface area contributed by atoms with Gasteiger partial charge in [-0.15, -0.1) is 18.2 Å². The lowest BCUT2D eigenvalue weighted by atomic mass is 10.1. The number of terminal acetylenes is 1. The molecule has 0 saturated carbocycles. The van der Waals surface area contributed by atoms with E-state index in [0.29, 0.717) is 23.1 Å². The van der Waals surface area contributed by atoms with Crippen molar-refractivity contribution in [2.24, 2.45) is 4.99 Å². The zero-order valence-electron chi connectivity index (χ0n) is 11.9. The van der Waals surface area contributed by atoms with E-state index in [2.05, 4.69) is 26.5 Å². The van der Waals surface area contributed by atoms with Gasteiger partial charge in [0.15, 0.2) is 11.1 Å². The molecule has 1 unspecified atom stereocenters. The van der Waals surface area contributed by atoms with Gasteiger partial charge < -0.3 is 5.32 Å². The number of nitrogens with zero attached hydrogens (tertiary/aromatic N) is 3. The van der Waals surface area contributed by atoms with Gasteiger partial charge in [0.1, 0.15) is 0 Å². The monoisotopic (exact) mass is 321 g/mol. The molecule has 0 fully saturated rings. The Morgan fingerprint density at radius 2 is 2.43 bits per heavy atom. The highest BCUT2D eigenvalue weighted by Crippen LogP contribution is 2.41. The van der Waals surface area contributed by atoms with Crippen molar-refractivity contribution < 1.29 is 0 Å². The van der Waals surface area contributed by atoms with Crippen LogP contribution >= 0.6 is 23.4 Å². The first-order valence-corrected chi connectivity index (χ1v) is 7.82. The van der Waals surface area contributed by atoms with Crippen LogP contribution in [0.25, 0.3) is 0 Å². The molecule has 5 nitrogen and oxygen atoms in total. The molecule has 1 aromatic heterocycles. The van der Waals surface area contributed by atoms with Gasteiger partial charge in [-0.05, 0) is 24.8 Å². The molecular formula is C14H16ClN5S. The maximum absolute atomic E-state index is 8.82. The Kier molecular flexibility index (Phi) is 6.87. The van der Waals surface area contributed by atoms with Gasteiger partial charge in [0, 0.05) is 6.20 Å². The molecule has 0 aromatic carbocycles. The molecule has 0 aliphatic carbocycles. The second-order valence-corrected chi connectivity index (χ2v) is 5.42. The average molecular weight is 322 g/mol. The number of hydrogen-bond acceptors (Lipinski definition) is 4. The largest absolute Gasteiger partial charge is 0.345 e. The van der Waals surface area contributed by atoms with E-state index < -0.39 is 4.87 Å². The lowest BCUT2D eigenvalue weighted by Crippen LogP contribution is -2.38. The second-order valence-electron chi connectivity index (χ2n) is 3.93. The number of hydrogen-bond donors (Lipinski definition) is 2. The first-order valence-electron chi connectivity index (χ1n) is 6.22. The molecule has 0 amide bonds. The van der Waals surface area contributed by atoms with E-state index in [0.717, 1.165) is 0 Å². The number of aromatic nitrogens is 1. The van der Waals surface area contributed by atoms with Crippen LogP contribution in [0.15, 0.2) is 23.3 Å². The van der Waals surface area contributed by atoms with E-state index in [4.69, 9.17) is 23.3 Å². The Bertz CT molecular complexity index is 584. The molecule has 0 aliphatic heterocycles. The lowest BCUT2D eigenvalue weighted by molar-refractivity contribution is 0.608. The average Bonchev–Trinajstić information content (AvgIpc) is 2.51. The summed E-state index contributed by atoms with van der Waals surface area (Å²) in [5.74, 6) is 2.74. The number of halogens is 1. The highest BCUT2D eigenvalue weighted by Gasteiger charge is 2.33. The first-order chi connectivity index (χ1) is 10.1. The first kappa shape index (κ1) is 17.2. The molecule has 0 radical (unpaired) electrons. The van der Waals surface area contributed by atoms with Gasteiger partial charge >= 0.3 is 0 Å². The van der Waals surface area contributed by atoms with Gasteiger partial charge in [0.2, 0.25) is 5.96 Å². The van der Waals surface area contributed by atoms with Gasteiger partial charge in [-0.3, -0.25) is 10.3 Å². The molecular weight excluding hydrogens is 306 g/mol. The van der Waals surface area contributed by atoms with Gasteiger partial charge in [-0.1, -0.05) is 24.4 Å². The molecule has 1 atom stereocenters. The van der Waals surface area contributed by atoms with E-state index in [1.54, 1.807) is 18.3 Å². The van der Waals surface area contributed by atoms with Crippen LogP contribution in [0.3, 0.4) is 0 Å². The minimum Gasteiger partial charge on any atom is -0.345 e. The summed E-state index contributed by atoms with van der Waals surface area (Å²) in [5, 5.41) is 14.7. The highest BCUT2D eigenvalue weighted by atomic mass is 35.5. The van der Waals surface area contributed by atoms with Crippen molar-refractivity contribution in [1.82, 2.24) is 15.6 Å². The molecule has 21 heavy (non-hydrogen) atoms. The van der Waals surface area contributed by atoms with Crippen LogP contribution in [0.2, 0.25) is 5.02 Å². The molecule has 0 aliphatic rings. The quantitative estimate of drug-likeness (QED) is 0.286. The van der Waals surface area contributed by atoms with Crippen molar-refractivity contribution in [2.75, 3.05) is 12.8 Å². The fraction of sp³-hybridized carbons (Fsp3) is 0.357. The topological polar surface area (TPSA) is 73.1 Å². The summed E-state index contributed by atoms with van der Waals surface area (Å²) < 4.78 is 0. The molecule has 2 N–H and O–H groups in total. The van der Waals surface area contributed by atoms with E-state index in [-0.39, 0.29) is 6.54 Å². The number of pyridine rings is 1. The summed E-state index contributed by atoms with van der Waals surface area (Å²) in [7, 11) is 0.